The van der Waals surface area contributed by atoms with Gasteiger partial charge < -0.3 is 4.74 Å². The van der Waals surface area contributed by atoms with Crippen LogP contribution in [0.1, 0.15) is 17.5 Å². The predicted molar refractivity (Wildman–Crippen MR) is 65.2 cm³/mol. The fraction of sp³-hybridized carbons (Fsp3) is 0.500. The highest BCUT2D eigenvalue weighted by Crippen LogP contribution is 2.22. The van der Waals surface area contributed by atoms with Crippen molar-refractivity contribution in [3.63, 3.8) is 0 Å². The molecule has 1 aromatic rings. The zero-order valence-electron chi connectivity index (χ0n) is 10.1. The van der Waals surface area contributed by atoms with Crippen molar-refractivity contribution in [2.75, 3.05) is 19.9 Å². The van der Waals surface area contributed by atoms with E-state index in [9.17, 15) is 8.42 Å². The average Bonchev–Trinajstić information content (AvgIpc) is 2.33. The second kappa shape index (κ2) is 4.76. The molecule has 5 heteroatoms. The highest BCUT2D eigenvalue weighted by Gasteiger charge is 2.27. The molecular weight excluding hydrogens is 238 g/mol. The molecule has 0 spiro atoms. The third-order valence-corrected chi connectivity index (χ3v) is 4.86. The number of ether oxygens (including phenoxy) is 1. The van der Waals surface area contributed by atoms with E-state index in [-0.39, 0.29) is 6.73 Å². The Bertz CT molecular complexity index is 504. The minimum Gasteiger partial charge on any atom is -0.365 e. The van der Waals surface area contributed by atoms with Gasteiger partial charge in [-0.3, -0.25) is 0 Å². The number of hydrogen-bond donors (Lipinski definition) is 0. The zero-order chi connectivity index (χ0) is 12.5. The molecule has 1 fully saturated rings. The minimum atomic E-state index is -3.41. The van der Waals surface area contributed by atoms with Gasteiger partial charge in [0.05, 0.1) is 4.90 Å². The number of hydrogen-bond acceptors (Lipinski definition) is 3. The lowest BCUT2D eigenvalue weighted by atomic mass is 10.2. The van der Waals surface area contributed by atoms with E-state index in [4.69, 9.17) is 4.74 Å². The Morgan fingerprint density at radius 1 is 1.29 bits per heavy atom. The third-order valence-electron chi connectivity index (χ3n) is 2.89. The van der Waals surface area contributed by atoms with Gasteiger partial charge in [0.2, 0.25) is 10.0 Å². The van der Waals surface area contributed by atoms with E-state index >= 15 is 0 Å². The minimum absolute atomic E-state index is 0.162. The Labute approximate surface area is 102 Å². The van der Waals surface area contributed by atoms with Gasteiger partial charge in [-0.25, -0.2) is 8.42 Å². The maximum atomic E-state index is 12.4. The van der Waals surface area contributed by atoms with Gasteiger partial charge in [-0.2, -0.15) is 4.31 Å². The lowest BCUT2D eigenvalue weighted by Gasteiger charge is -2.26. The number of nitrogens with zero attached hydrogens (tertiary/aromatic N) is 1. The van der Waals surface area contributed by atoms with Gasteiger partial charge in [-0.05, 0) is 37.5 Å². The van der Waals surface area contributed by atoms with Crippen molar-refractivity contribution in [3.8, 4) is 0 Å². The van der Waals surface area contributed by atoms with Crippen LogP contribution in [-0.2, 0) is 14.8 Å². The van der Waals surface area contributed by atoms with Crippen molar-refractivity contribution in [3.05, 3.63) is 29.3 Å². The summed E-state index contributed by atoms with van der Waals surface area (Å²) in [6.07, 6.45) is 0.754. The first kappa shape index (κ1) is 12.5. The van der Waals surface area contributed by atoms with Crippen LogP contribution in [0, 0.1) is 13.8 Å². The first-order valence-electron chi connectivity index (χ1n) is 5.67. The van der Waals surface area contributed by atoms with Crippen LogP contribution in [-0.4, -0.2) is 32.6 Å². The van der Waals surface area contributed by atoms with Crippen molar-refractivity contribution < 1.29 is 13.2 Å². The second-order valence-corrected chi connectivity index (χ2v) is 6.25. The van der Waals surface area contributed by atoms with Crippen molar-refractivity contribution in [2.45, 2.75) is 25.2 Å². The molecule has 4 nitrogen and oxygen atoms in total. The number of rotatable bonds is 2. The Kier molecular flexibility index (Phi) is 3.51. The quantitative estimate of drug-likeness (QED) is 0.807. The lowest BCUT2D eigenvalue weighted by molar-refractivity contribution is 0.0313. The molecule has 1 aliphatic rings. The fourth-order valence-electron chi connectivity index (χ4n) is 1.89. The van der Waals surface area contributed by atoms with E-state index < -0.39 is 10.0 Å². The van der Waals surface area contributed by atoms with Gasteiger partial charge in [0, 0.05) is 13.2 Å². The van der Waals surface area contributed by atoms with Gasteiger partial charge in [-0.15, -0.1) is 0 Å². The first-order valence-corrected chi connectivity index (χ1v) is 7.11. The molecule has 0 saturated carbocycles. The molecule has 0 N–H and O–H groups in total. The summed E-state index contributed by atoms with van der Waals surface area (Å²) in [5.74, 6) is 0. The molecule has 94 valence electrons. The molecule has 0 amide bonds. The van der Waals surface area contributed by atoms with Crippen LogP contribution >= 0.6 is 0 Å². The van der Waals surface area contributed by atoms with E-state index in [1.165, 1.54) is 4.31 Å². The summed E-state index contributed by atoms with van der Waals surface area (Å²) < 4.78 is 31.4. The monoisotopic (exact) mass is 255 g/mol. The van der Waals surface area contributed by atoms with Gasteiger partial charge in [-0.1, -0.05) is 12.1 Å². The molecule has 0 aromatic heterocycles. The predicted octanol–water partition coefficient (Wildman–Crippen LogP) is 1.67. The molecule has 0 radical (unpaired) electrons. The summed E-state index contributed by atoms with van der Waals surface area (Å²) in [5, 5.41) is 0. The van der Waals surface area contributed by atoms with E-state index in [0.717, 1.165) is 17.5 Å². The summed E-state index contributed by atoms with van der Waals surface area (Å²) in [7, 11) is -3.41. The highest BCUT2D eigenvalue weighted by atomic mass is 32.2. The van der Waals surface area contributed by atoms with Gasteiger partial charge in [0.25, 0.3) is 0 Å². The molecule has 1 saturated heterocycles. The Hall–Kier alpha value is -0.910. The summed E-state index contributed by atoms with van der Waals surface area (Å²) in [6.45, 7) is 5.05. The maximum absolute atomic E-state index is 12.4. The molecule has 1 aromatic carbocycles. The van der Waals surface area contributed by atoms with Crippen molar-refractivity contribution >= 4 is 10.0 Å². The SMILES string of the molecule is Cc1ccc(C)c(S(=O)(=O)N2CCCOC2)c1. The van der Waals surface area contributed by atoms with Gasteiger partial charge in [0.15, 0.2) is 0 Å². The molecule has 0 atom stereocenters. The standard InChI is InChI=1S/C12H17NO3S/c1-10-4-5-11(2)12(8-10)17(14,15)13-6-3-7-16-9-13/h4-5,8H,3,6-7,9H2,1-2H3. The highest BCUT2D eigenvalue weighted by molar-refractivity contribution is 7.89. The molecule has 0 unspecified atom stereocenters. The molecule has 0 aliphatic carbocycles. The van der Waals surface area contributed by atoms with Gasteiger partial charge in [0.1, 0.15) is 6.73 Å². The second-order valence-electron chi connectivity index (χ2n) is 4.34. The summed E-state index contributed by atoms with van der Waals surface area (Å²) >= 11 is 0. The normalized spacial score (nSPS) is 18.2. The zero-order valence-corrected chi connectivity index (χ0v) is 11.0. The lowest BCUT2D eigenvalue weighted by Crippen LogP contribution is -2.38. The average molecular weight is 255 g/mol. The maximum Gasteiger partial charge on any atom is 0.245 e. The molecule has 1 heterocycles. The number of sulfonamides is 1. The smallest absolute Gasteiger partial charge is 0.245 e. The van der Waals surface area contributed by atoms with E-state index in [1.54, 1.807) is 6.07 Å². The summed E-state index contributed by atoms with van der Waals surface area (Å²) in [6, 6.07) is 5.48. The Morgan fingerprint density at radius 2 is 2.06 bits per heavy atom. The molecule has 17 heavy (non-hydrogen) atoms. The Morgan fingerprint density at radius 3 is 2.71 bits per heavy atom. The Balaban J connectivity index is 2.40. The van der Waals surface area contributed by atoms with Crippen molar-refractivity contribution in [1.82, 2.24) is 4.31 Å². The van der Waals surface area contributed by atoms with Crippen LogP contribution in [0.2, 0.25) is 0 Å². The summed E-state index contributed by atoms with van der Waals surface area (Å²) in [5.41, 5.74) is 1.73. The fourth-order valence-corrected chi connectivity index (χ4v) is 3.56. The molecular formula is C12H17NO3S. The van der Waals surface area contributed by atoms with E-state index in [1.807, 2.05) is 26.0 Å². The largest absolute Gasteiger partial charge is 0.365 e. The van der Waals surface area contributed by atoms with Crippen LogP contribution in [0.25, 0.3) is 0 Å². The molecule has 1 aliphatic heterocycles. The van der Waals surface area contributed by atoms with E-state index in [0.29, 0.717) is 18.0 Å². The molecule has 2 rings (SSSR count). The van der Waals surface area contributed by atoms with Gasteiger partial charge >= 0.3 is 0 Å². The summed E-state index contributed by atoms with van der Waals surface area (Å²) in [4.78, 5) is 0.392. The van der Waals surface area contributed by atoms with Crippen LogP contribution in [0.4, 0.5) is 0 Å². The van der Waals surface area contributed by atoms with Crippen LogP contribution < -0.4 is 0 Å². The first-order chi connectivity index (χ1) is 8.01. The third kappa shape index (κ3) is 2.51. The van der Waals surface area contributed by atoms with E-state index in [2.05, 4.69) is 0 Å². The number of benzene rings is 1. The molecule has 0 bridgehead atoms. The van der Waals surface area contributed by atoms with Crippen LogP contribution in [0.15, 0.2) is 23.1 Å². The topological polar surface area (TPSA) is 46.6 Å². The van der Waals surface area contributed by atoms with Crippen LogP contribution in [0.3, 0.4) is 0 Å². The van der Waals surface area contributed by atoms with Crippen molar-refractivity contribution in [2.24, 2.45) is 0 Å². The van der Waals surface area contributed by atoms with Crippen molar-refractivity contribution in [1.29, 1.82) is 0 Å². The number of aryl methyl sites for hydroxylation is 2. The van der Waals surface area contributed by atoms with Crippen LogP contribution in [0.5, 0.6) is 0 Å².